The molecule has 0 atom stereocenters. The fraction of sp³-hybridized carbons (Fsp3) is 1.00. The van der Waals surface area contributed by atoms with Crippen molar-refractivity contribution in [3.8, 4) is 0 Å². The Labute approximate surface area is 63.8 Å². The molecule has 0 bridgehead atoms. The van der Waals surface area contributed by atoms with Gasteiger partial charge in [-0.3, -0.25) is 10.5 Å². The first kappa shape index (κ1) is 12.6. The minimum Gasteiger partial charge on any atom is -0.255 e. The zero-order chi connectivity index (χ0) is 8.24. The average molecular weight is 148 g/mol. The molecule has 0 saturated carbocycles. The van der Waals surface area contributed by atoms with Crippen LogP contribution in [0.3, 0.4) is 0 Å². The molecule has 0 radical (unpaired) electrons. The van der Waals surface area contributed by atoms with Crippen molar-refractivity contribution in [1.82, 2.24) is 0 Å². The van der Waals surface area contributed by atoms with Gasteiger partial charge in [0.2, 0.25) is 0 Å². The maximum atomic E-state index is 6.00. The predicted octanol–water partition coefficient (Wildman–Crippen LogP) is 3.38. The second-order valence-corrected chi connectivity index (χ2v) is 2.41. The molecule has 10 heavy (non-hydrogen) atoms. The first-order chi connectivity index (χ1) is 4.91. The summed E-state index contributed by atoms with van der Waals surface area (Å²) >= 11 is 0. The van der Waals surface area contributed by atoms with Crippen LogP contribution in [-0.4, -0.2) is 10.5 Å². The SMILES string of the molecule is CCCCCCCC.OO. The van der Waals surface area contributed by atoms with Gasteiger partial charge in [-0.2, -0.15) is 0 Å². The van der Waals surface area contributed by atoms with Crippen LogP contribution in [0, 0.1) is 0 Å². The first-order valence-corrected chi connectivity index (χ1v) is 4.11. The third kappa shape index (κ3) is 15.7. The molecule has 0 aliphatic heterocycles. The van der Waals surface area contributed by atoms with Crippen molar-refractivity contribution in [3.63, 3.8) is 0 Å². The van der Waals surface area contributed by atoms with E-state index in [2.05, 4.69) is 13.8 Å². The van der Waals surface area contributed by atoms with Gasteiger partial charge in [0.1, 0.15) is 0 Å². The van der Waals surface area contributed by atoms with Crippen LogP contribution in [0.25, 0.3) is 0 Å². The standard InChI is InChI=1S/C8H18.H2O2/c1-3-5-7-8-6-4-2;1-2/h3-8H2,1-2H3;1-2H. The molecule has 0 spiro atoms. The van der Waals surface area contributed by atoms with E-state index in [-0.39, 0.29) is 0 Å². The quantitative estimate of drug-likeness (QED) is 0.356. The van der Waals surface area contributed by atoms with Crippen molar-refractivity contribution in [3.05, 3.63) is 0 Å². The summed E-state index contributed by atoms with van der Waals surface area (Å²) in [6.45, 7) is 4.51. The largest absolute Gasteiger partial charge is 0.255 e. The Morgan fingerprint density at radius 3 is 1.20 bits per heavy atom. The first-order valence-electron chi connectivity index (χ1n) is 4.11. The van der Waals surface area contributed by atoms with E-state index in [4.69, 9.17) is 10.5 Å². The Hall–Kier alpha value is -0.0800. The van der Waals surface area contributed by atoms with Crippen LogP contribution in [0.4, 0.5) is 0 Å². The minimum atomic E-state index is 1.36. The third-order valence-electron chi connectivity index (χ3n) is 1.46. The molecule has 0 fully saturated rings. The third-order valence-corrected chi connectivity index (χ3v) is 1.46. The maximum absolute atomic E-state index is 6.00. The number of rotatable bonds is 5. The fourth-order valence-corrected chi connectivity index (χ4v) is 0.854. The summed E-state index contributed by atoms with van der Waals surface area (Å²) in [6.07, 6.45) is 8.49. The molecule has 0 aromatic rings. The van der Waals surface area contributed by atoms with Crippen LogP contribution < -0.4 is 0 Å². The fourth-order valence-electron chi connectivity index (χ4n) is 0.854. The summed E-state index contributed by atoms with van der Waals surface area (Å²) in [4.78, 5) is 0. The van der Waals surface area contributed by atoms with Crippen molar-refractivity contribution >= 4 is 0 Å². The van der Waals surface area contributed by atoms with Gasteiger partial charge in [-0.05, 0) is 0 Å². The molecule has 0 amide bonds. The van der Waals surface area contributed by atoms with Crippen LogP contribution in [0.5, 0.6) is 0 Å². The molecule has 2 nitrogen and oxygen atoms in total. The molecule has 0 rings (SSSR count). The van der Waals surface area contributed by atoms with E-state index in [1.807, 2.05) is 0 Å². The molecule has 0 aliphatic rings. The normalized spacial score (nSPS) is 8.40. The molecule has 0 heterocycles. The van der Waals surface area contributed by atoms with E-state index in [1.165, 1.54) is 38.5 Å². The molecule has 2 heteroatoms. The van der Waals surface area contributed by atoms with Crippen molar-refractivity contribution in [2.24, 2.45) is 0 Å². The molecular formula is C8H20O2. The second-order valence-electron chi connectivity index (χ2n) is 2.41. The zero-order valence-electron chi connectivity index (χ0n) is 7.14. The van der Waals surface area contributed by atoms with Gasteiger partial charge in [0.05, 0.1) is 0 Å². The molecule has 0 aromatic heterocycles. The lowest BCUT2D eigenvalue weighted by molar-refractivity contribution is -0.176. The second kappa shape index (κ2) is 16.0. The van der Waals surface area contributed by atoms with Gasteiger partial charge in [0, 0.05) is 0 Å². The van der Waals surface area contributed by atoms with E-state index in [1.54, 1.807) is 0 Å². The van der Waals surface area contributed by atoms with Crippen LogP contribution in [-0.2, 0) is 0 Å². The molecule has 64 valence electrons. The topological polar surface area (TPSA) is 40.5 Å². The maximum Gasteiger partial charge on any atom is -0.0533 e. The molecule has 2 N–H and O–H groups in total. The van der Waals surface area contributed by atoms with Crippen LogP contribution >= 0.6 is 0 Å². The van der Waals surface area contributed by atoms with Crippen LogP contribution in [0.1, 0.15) is 52.4 Å². The highest BCUT2D eigenvalue weighted by Crippen LogP contribution is 2.03. The lowest BCUT2D eigenvalue weighted by Gasteiger charge is -1.93. The van der Waals surface area contributed by atoms with E-state index in [9.17, 15) is 0 Å². The van der Waals surface area contributed by atoms with Gasteiger partial charge in [0.15, 0.2) is 0 Å². The number of hydrogen-bond donors (Lipinski definition) is 2. The van der Waals surface area contributed by atoms with Crippen molar-refractivity contribution in [2.75, 3.05) is 0 Å². The predicted molar refractivity (Wildman–Crippen MR) is 44.3 cm³/mol. The summed E-state index contributed by atoms with van der Waals surface area (Å²) in [7, 11) is 0. The van der Waals surface area contributed by atoms with Crippen molar-refractivity contribution in [2.45, 2.75) is 52.4 Å². The Morgan fingerprint density at radius 1 is 0.700 bits per heavy atom. The highest BCUT2D eigenvalue weighted by Gasteiger charge is 1.83. The van der Waals surface area contributed by atoms with E-state index in [0.717, 1.165) is 0 Å². The summed E-state index contributed by atoms with van der Waals surface area (Å²) in [6, 6.07) is 0. The molecule has 0 saturated heterocycles. The smallest absolute Gasteiger partial charge is 0.0533 e. The van der Waals surface area contributed by atoms with Crippen molar-refractivity contribution < 1.29 is 10.5 Å². The van der Waals surface area contributed by atoms with Gasteiger partial charge in [0.25, 0.3) is 0 Å². The van der Waals surface area contributed by atoms with E-state index < -0.39 is 0 Å². The van der Waals surface area contributed by atoms with E-state index >= 15 is 0 Å². The minimum absolute atomic E-state index is 1.36. The van der Waals surface area contributed by atoms with Gasteiger partial charge in [-0.1, -0.05) is 52.4 Å². The summed E-state index contributed by atoms with van der Waals surface area (Å²) in [5.74, 6) is 0. The van der Waals surface area contributed by atoms with Crippen LogP contribution in [0.2, 0.25) is 0 Å². The molecule has 0 aromatic carbocycles. The number of unbranched alkanes of at least 4 members (excludes halogenated alkanes) is 5. The highest BCUT2D eigenvalue weighted by atomic mass is 17.0. The van der Waals surface area contributed by atoms with Gasteiger partial charge in [-0.25, -0.2) is 0 Å². The Kier molecular flexibility index (Phi) is 20.1. The lowest BCUT2D eigenvalue weighted by Crippen LogP contribution is -1.73. The van der Waals surface area contributed by atoms with Crippen LogP contribution in [0.15, 0.2) is 0 Å². The molecule has 0 unspecified atom stereocenters. The molecular weight excluding hydrogens is 128 g/mol. The lowest BCUT2D eigenvalue weighted by atomic mass is 10.1. The van der Waals surface area contributed by atoms with Gasteiger partial charge in [-0.15, -0.1) is 0 Å². The summed E-state index contributed by atoms with van der Waals surface area (Å²) in [5.41, 5.74) is 0. The monoisotopic (exact) mass is 148 g/mol. The highest BCUT2D eigenvalue weighted by molar-refractivity contribution is 4.39. The average Bonchev–Trinajstić information content (AvgIpc) is 2.02. The summed E-state index contributed by atoms with van der Waals surface area (Å²) in [5, 5.41) is 12.0. The van der Waals surface area contributed by atoms with E-state index in [0.29, 0.717) is 0 Å². The number of hydrogen-bond acceptors (Lipinski definition) is 2. The summed E-state index contributed by atoms with van der Waals surface area (Å²) < 4.78 is 0. The Balaban J connectivity index is 0. The zero-order valence-corrected chi connectivity index (χ0v) is 7.14. The van der Waals surface area contributed by atoms with Crippen molar-refractivity contribution in [1.29, 1.82) is 0 Å². The van der Waals surface area contributed by atoms with Gasteiger partial charge < -0.3 is 0 Å². The molecule has 0 aliphatic carbocycles. The Bertz CT molecular complexity index is 32.2. The Morgan fingerprint density at radius 2 is 1.00 bits per heavy atom. The van der Waals surface area contributed by atoms with Gasteiger partial charge >= 0.3 is 0 Å².